The van der Waals surface area contributed by atoms with E-state index in [0.29, 0.717) is 0 Å². The fourth-order valence-corrected chi connectivity index (χ4v) is 7.48. The molecule has 0 rings (SSSR count). The van der Waals surface area contributed by atoms with Crippen LogP contribution in [0.25, 0.3) is 0 Å². The van der Waals surface area contributed by atoms with Gasteiger partial charge >= 0.3 is 12.7 Å². The van der Waals surface area contributed by atoms with Crippen LogP contribution in [0.2, 0.25) is 0 Å². The van der Waals surface area contributed by atoms with Crippen LogP contribution in [0.15, 0.2) is 5.16 Å². The van der Waals surface area contributed by atoms with E-state index in [2.05, 4.69) is 5.16 Å². The van der Waals surface area contributed by atoms with E-state index in [-0.39, 0.29) is 24.3 Å². The molecule has 0 fully saturated rings. The average Bonchev–Trinajstić information content (AvgIpc) is 2.60. The summed E-state index contributed by atoms with van der Waals surface area (Å²) in [5.74, 6) is -0.420. The molecule has 0 N–H and O–H groups in total. The molecule has 0 aromatic carbocycles. The van der Waals surface area contributed by atoms with Crippen LogP contribution < -0.4 is 0 Å². The Hall–Kier alpha value is -0.400. The first kappa shape index (κ1) is 27.6. The van der Waals surface area contributed by atoms with Crippen molar-refractivity contribution in [2.75, 3.05) is 40.6 Å². The molecule has 0 aliphatic carbocycles. The molecule has 0 bridgehead atoms. The lowest BCUT2D eigenvalue weighted by Crippen LogP contribution is -2.46. The van der Waals surface area contributed by atoms with E-state index in [1.54, 1.807) is 48.0 Å². The van der Waals surface area contributed by atoms with Crippen LogP contribution in [0.5, 0.6) is 0 Å². The maximum absolute atomic E-state index is 13.0. The van der Waals surface area contributed by atoms with Gasteiger partial charge < -0.3 is 18.5 Å². The normalized spacial score (nSPS) is 13.6. The maximum Gasteiger partial charge on any atom is 0.479 e. The molecule has 10 nitrogen and oxygen atoms in total. The number of carbonyl (C=O) groups is 2. The van der Waals surface area contributed by atoms with Crippen LogP contribution in [-0.4, -0.2) is 81.5 Å². The molecule has 0 spiro atoms. The minimum absolute atomic E-state index is 0.0213. The fraction of sp³-hybridized carbons (Fsp3) is 0.786. The van der Waals surface area contributed by atoms with Crippen molar-refractivity contribution in [1.29, 1.82) is 0 Å². The number of amides is 2. The van der Waals surface area contributed by atoms with E-state index in [9.17, 15) is 14.1 Å². The Labute approximate surface area is 179 Å². The Bertz CT molecular complexity index is 598. The minimum atomic E-state index is -3.09. The second-order valence-corrected chi connectivity index (χ2v) is 11.3. The zero-order valence-electron chi connectivity index (χ0n) is 17.4. The highest BCUT2D eigenvalue weighted by molar-refractivity contribution is 8.15. The molecule has 2 amide bonds. The van der Waals surface area contributed by atoms with Crippen molar-refractivity contribution in [2.45, 2.75) is 33.7 Å². The van der Waals surface area contributed by atoms with E-state index in [0.717, 1.165) is 16.1 Å². The molecule has 164 valence electrons. The van der Waals surface area contributed by atoms with Gasteiger partial charge in [0.25, 0.3) is 5.91 Å². The molecular weight excluding hydrogens is 447 g/mol. The van der Waals surface area contributed by atoms with Crippen molar-refractivity contribution in [2.24, 2.45) is 5.16 Å². The summed E-state index contributed by atoms with van der Waals surface area (Å²) >= 11 is 4.47. The van der Waals surface area contributed by atoms with Crippen LogP contribution >= 0.6 is 18.4 Å². The second kappa shape index (κ2) is 13.0. The van der Waals surface area contributed by atoms with Crippen molar-refractivity contribution < 1.29 is 28.0 Å². The zero-order valence-corrected chi connectivity index (χ0v) is 20.7. The van der Waals surface area contributed by atoms with Gasteiger partial charge in [-0.25, -0.2) is 4.79 Å². The third-order valence-electron chi connectivity index (χ3n) is 2.91. The van der Waals surface area contributed by atoms with E-state index < -0.39 is 30.2 Å². The molecule has 0 aliphatic rings. The fourth-order valence-electron chi connectivity index (χ4n) is 1.71. The van der Waals surface area contributed by atoms with Gasteiger partial charge in [0.05, 0.1) is 26.3 Å². The van der Waals surface area contributed by atoms with E-state index >= 15 is 0 Å². The van der Waals surface area contributed by atoms with Crippen molar-refractivity contribution in [3.05, 3.63) is 0 Å². The van der Waals surface area contributed by atoms with Crippen molar-refractivity contribution in [1.82, 2.24) is 13.3 Å². The molecule has 0 aromatic heterocycles. The number of carbonyl (C=O) groups excluding carboxylic acids is 2. The smallest absolute Gasteiger partial charge is 0.479 e. The van der Waals surface area contributed by atoms with Gasteiger partial charge in [0.2, 0.25) is 5.04 Å². The lowest BCUT2D eigenvalue weighted by atomic mass is 10.4. The van der Waals surface area contributed by atoms with E-state index in [1.165, 1.54) is 16.0 Å². The topological polar surface area (TPSA) is 107 Å². The molecule has 14 heteroatoms. The molecular formula is C14H29N4O6PS3. The zero-order chi connectivity index (χ0) is 22.1. The molecule has 1 unspecified atom stereocenters. The Kier molecular flexibility index (Phi) is 12.8. The van der Waals surface area contributed by atoms with Gasteiger partial charge in [-0.05, 0) is 49.8 Å². The van der Waals surface area contributed by atoms with Crippen molar-refractivity contribution >= 4 is 58.8 Å². The molecule has 0 aliphatic heterocycles. The van der Waals surface area contributed by atoms with Gasteiger partial charge in [0, 0.05) is 14.1 Å². The van der Waals surface area contributed by atoms with E-state index in [4.69, 9.17) is 25.7 Å². The summed E-state index contributed by atoms with van der Waals surface area (Å²) in [7, 11) is 4.37. The molecule has 28 heavy (non-hydrogen) atoms. The van der Waals surface area contributed by atoms with Gasteiger partial charge in [-0.3, -0.25) is 9.63 Å². The van der Waals surface area contributed by atoms with Crippen molar-refractivity contribution in [3.8, 4) is 0 Å². The third-order valence-corrected chi connectivity index (χ3v) is 9.55. The van der Waals surface area contributed by atoms with Gasteiger partial charge in [0.15, 0.2) is 11.5 Å². The molecule has 0 aromatic rings. The monoisotopic (exact) mass is 476 g/mol. The Morgan fingerprint density at radius 3 is 2.07 bits per heavy atom. The molecule has 0 saturated heterocycles. The SMILES string of the molecule is CCOP(=S)(OCC)N(C(C)C)[S+]([O-])N(C)C(=O)O/N=C(\SC)C(=O)N(C)C. The number of hydrogen-bond acceptors (Lipinski definition) is 9. The highest BCUT2D eigenvalue weighted by Gasteiger charge is 2.44. The highest BCUT2D eigenvalue weighted by atomic mass is 32.5. The van der Waals surface area contributed by atoms with Crippen molar-refractivity contribution in [3.63, 3.8) is 0 Å². The van der Waals surface area contributed by atoms with Crippen LogP contribution in [-0.2, 0) is 42.0 Å². The van der Waals surface area contributed by atoms with Gasteiger partial charge in [0.1, 0.15) is 0 Å². The second-order valence-electron chi connectivity index (χ2n) is 5.59. The highest BCUT2D eigenvalue weighted by Crippen LogP contribution is 2.55. The average molecular weight is 477 g/mol. The van der Waals surface area contributed by atoms with Crippen LogP contribution in [0, 0.1) is 0 Å². The standard InChI is InChI=1S/C14H29N4O6PS3/c1-9-22-25(26,23-10-2)18(11(3)4)28(21)17(7)14(20)24-15-12(27-8)13(19)16(5)6/h11H,9-10H2,1-8H3/b15-12-. The lowest BCUT2D eigenvalue weighted by molar-refractivity contribution is -0.121. The minimum Gasteiger partial charge on any atom is -0.573 e. The molecule has 0 saturated carbocycles. The van der Waals surface area contributed by atoms with Gasteiger partial charge in [-0.2, -0.15) is 0 Å². The third kappa shape index (κ3) is 7.79. The quantitative estimate of drug-likeness (QED) is 0.124. The predicted octanol–water partition coefficient (Wildman–Crippen LogP) is 2.41. The molecule has 0 heterocycles. The number of nitrogens with zero attached hydrogens (tertiary/aromatic N) is 4. The lowest BCUT2D eigenvalue weighted by Gasteiger charge is -2.35. The first-order valence-electron chi connectivity index (χ1n) is 8.35. The summed E-state index contributed by atoms with van der Waals surface area (Å²) in [5, 5.41) is 3.55. The number of rotatable bonds is 9. The van der Waals surface area contributed by atoms with Crippen LogP contribution in [0.3, 0.4) is 0 Å². The predicted molar refractivity (Wildman–Crippen MR) is 117 cm³/mol. The summed E-state index contributed by atoms with van der Waals surface area (Å²) in [6.45, 7) is 4.46. The summed E-state index contributed by atoms with van der Waals surface area (Å²) in [4.78, 5) is 30.3. The summed E-state index contributed by atoms with van der Waals surface area (Å²) in [6, 6.07) is -0.347. The Balaban J connectivity index is 5.51. The van der Waals surface area contributed by atoms with Crippen LogP contribution in [0.1, 0.15) is 27.7 Å². The number of oxime groups is 1. The summed E-state index contributed by atoms with van der Waals surface area (Å²) < 4.78 is 26.4. The van der Waals surface area contributed by atoms with Gasteiger partial charge in [-0.15, -0.1) is 16.1 Å². The summed E-state index contributed by atoms with van der Waals surface area (Å²) in [5.41, 5.74) is 0. The Morgan fingerprint density at radius 1 is 1.21 bits per heavy atom. The van der Waals surface area contributed by atoms with Crippen LogP contribution in [0.4, 0.5) is 4.79 Å². The largest absolute Gasteiger partial charge is 0.573 e. The molecule has 0 radical (unpaired) electrons. The molecule has 1 atom stereocenters. The first-order chi connectivity index (χ1) is 13.0. The van der Waals surface area contributed by atoms with Gasteiger partial charge in [-0.1, -0.05) is 5.16 Å². The number of thioether (sulfide) groups is 1. The first-order valence-corrected chi connectivity index (χ1v) is 13.2. The summed E-state index contributed by atoms with van der Waals surface area (Å²) in [6.07, 6.45) is 0.605. The Morgan fingerprint density at radius 2 is 1.71 bits per heavy atom. The number of hydrogen-bond donors (Lipinski definition) is 0. The van der Waals surface area contributed by atoms with E-state index in [1.807, 2.05) is 0 Å². The maximum atomic E-state index is 13.0.